The SMILES string of the molecule is Cn1c([C@H]2CCCN2C(=O)C[C@H](c2ccsc2)n2cccc2)nc2ccccc21. The number of thiophene rings is 1. The Labute approximate surface area is 174 Å². The Morgan fingerprint density at radius 1 is 1.21 bits per heavy atom. The Kier molecular flexibility index (Phi) is 4.72. The number of fused-ring (bicyclic) bond motifs is 1. The summed E-state index contributed by atoms with van der Waals surface area (Å²) in [5.41, 5.74) is 3.30. The first-order valence-corrected chi connectivity index (χ1v) is 11.0. The Morgan fingerprint density at radius 3 is 2.79 bits per heavy atom. The number of para-hydroxylation sites is 2. The van der Waals surface area contributed by atoms with Gasteiger partial charge >= 0.3 is 0 Å². The molecule has 0 spiro atoms. The van der Waals surface area contributed by atoms with Crippen LogP contribution in [0.2, 0.25) is 0 Å². The predicted molar refractivity (Wildman–Crippen MR) is 116 cm³/mol. The highest BCUT2D eigenvalue weighted by Gasteiger charge is 2.34. The Morgan fingerprint density at radius 2 is 2.03 bits per heavy atom. The number of carbonyl (C=O) groups excluding carboxylic acids is 1. The molecule has 1 fully saturated rings. The van der Waals surface area contributed by atoms with Crippen LogP contribution in [-0.4, -0.2) is 31.5 Å². The number of benzene rings is 1. The van der Waals surface area contributed by atoms with Gasteiger partial charge in [-0.25, -0.2) is 4.98 Å². The van der Waals surface area contributed by atoms with E-state index < -0.39 is 0 Å². The molecular weight excluding hydrogens is 380 g/mol. The Bertz CT molecular complexity index is 1080. The average Bonchev–Trinajstić information content (AvgIpc) is 3.53. The van der Waals surface area contributed by atoms with Crippen LogP contribution in [0.3, 0.4) is 0 Å². The molecule has 1 amide bonds. The van der Waals surface area contributed by atoms with Crippen LogP contribution in [0, 0.1) is 0 Å². The fourth-order valence-electron chi connectivity index (χ4n) is 4.49. The van der Waals surface area contributed by atoms with Crippen LogP contribution in [0.5, 0.6) is 0 Å². The van der Waals surface area contributed by atoms with E-state index in [1.807, 2.05) is 47.6 Å². The first-order chi connectivity index (χ1) is 14.2. The van der Waals surface area contributed by atoms with E-state index in [2.05, 4.69) is 39.1 Å². The maximum absolute atomic E-state index is 13.4. The van der Waals surface area contributed by atoms with Gasteiger partial charge in [0.25, 0.3) is 0 Å². The number of hydrogen-bond acceptors (Lipinski definition) is 3. The number of likely N-dealkylation sites (tertiary alicyclic amines) is 1. The first-order valence-electron chi connectivity index (χ1n) is 10.1. The minimum atomic E-state index is 0.0328. The van der Waals surface area contributed by atoms with Crippen molar-refractivity contribution in [1.29, 1.82) is 0 Å². The molecule has 4 aromatic rings. The van der Waals surface area contributed by atoms with Gasteiger partial charge in [-0.05, 0) is 59.5 Å². The van der Waals surface area contributed by atoms with Gasteiger partial charge < -0.3 is 14.0 Å². The second kappa shape index (κ2) is 7.52. The third-order valence-electron chi connectivity index (χ3n) is 5.98. The zero-order valence-corrected chi connectivity index (χ0v) is 17.3. The maximum atomic E-state index is 13.4. The van der Waals surface area contributed by atoms with Crippen LogP contribution in [0.25, 0.3) is 11.0 Å². The van der Waals surface area contributed by atoms with E-state index in [0.29, 0.717) is 6.42 Å². The zero-order valence-electron chi connectivity index (χ0n) is 16.4. The fourth-order valence-corrected chi connectivity index (χ4v) is 5.20. The third kappa shape index (κ3) is 3.27. The van der Waals surface area contributed by atoms with Gasteiger partial charge in [-0.3, -0.25) is 4.79 Å². The van der Waals surface area contributed by atoms with Gasteiger partial charge in [0.15, 0.2) is 0 Å². The molecule has 0 saturated carbocycles. The largest absolute Gasteiger partial charge is 0.346 e. The Hall–Kier alpha value is -2.86. The lowest BCUT2D eigenvalue weighted by Gasteiger charge is -2.27. The van der Waals surface area contributed by atoms with Crippen molar-refractivity contribution in [2.45, 2.75) is 31.3 Å². The van der Waals surface area contributed by atoms with E-state index in [1.165, 1.54) is 5.56 Å². The van der Waals surface area contributed by atoms with Crippen molar-refractivity contribution in [3.63, 3.8) is 0 Å². The van der Waals surface area contributed by atoms with E-state index in [1.54, 1.807) is 11.3 Å². The molecule has 29 heavy (non-hydrogen) atoms. The molecule has 5 rings (SSSR count). The van der Waals surface area contributed by atoms with Crippen molar-refractivity contribution in [2.24, 2.45) is 7.05 Å². The summed E-state index contributed by atoms with van der Waals surface area (Å²) < 4.78 is 4.29. The molecule has 0 unspecified atom stereocenters. The number of amides is 1. The minimum Gasteiger partial charge on any atom is -0.346 e. The standard InChI is InChI=1S/C23H24N4OS/c1-25-19-8-3-2-7-18(19)24-23(25)20-9-6-13-27(20)22(28)15-21(17-10-14-29-16-17)26-11-4-5-12-26/h2-5,7-8,10-12,14,16,20-21H,6,9,13,15H2,1H3/t20-,21-/m1/s1. The van der Waals surface area contributed by atoms with Gasteiger partial charge in [-0.15, -0.1) is 0 Å². The summed E-state index contributed by atoms with van der Waals surface area (Å²) in [6.45, 7) is 0.800. The molecule has 1 saturated heterocycles. The van der Waals surface area contributed by atoms with E-state index in [4.69, 9.17) is 4.98 Å². The highest BCUT2D eigenvalue weighted by atomic mass is 32.1. The molecule has 5 nitrogen and oxygen atoms in total. The van der Waals surface area contributed by atoms with Gasteiger partial charge in [0.1, 0.15) is 5.82 Å². The number of hydrogen-bond donors (Lipinski definition) is 0. The highest BCUT2D eigenvalue weighted by Crippen LogP contribution is 2.35. The van der Waals surface area contributed by atoms with Crippen molar-refractivity contribution in [3.8, 4) is 0 Å². The molecule has 4 heterocycles. The number of aryl methyl sites for hydroxylation is 1. The van der Waals surface area contributed by atoms with Crippen molar-refractivity contribution in [3.05, 3.63) is 77.0 Å². The van der Waals surface area contributed by atoms with Crippen molar-refractivity contribution < 1.29 is 4.79 Å². The molecule has 6 heteroatoms. The van der Waals surface area contributed by atoms with E-state index in [-0.39, 0.29) is 18.0 Å². The van der Waals surface area contributed by atoms with Crippen LogP contribution in [0.15, 0.2) is 65.6 Å². The van der Waals surface area contributed by atoms with Gasteiger partial charge in [-0.2, -0.15) is 11.3 Å². The van der Waals surface area contributed by atoms with E-state index in [9.17, 15) is 4.79 Å². The quantitative estimate of drug-likeness (QED) is 0.480. The number of rotatable bonds is 5. The molecule has 0 aliphatic carbocycles. The molecular formula is C23H24N4OS. The molecule has 2 atom stereocenters. The van der Waals surface area contributed by atoms with E-state index in [0.717, 1.165) is 36.2 Å². The monoisotopic (exact) mass is 404 g/mol. The smallest absolute Gasteiger partial charge is 0.225 e. The summed E-state index contributed by atoms with van der Waals surface area (Å²) in [5, 5.41) is 4.22. The van der Waals surface area contributed by atoms with Crippen LogP contribution >= 0.6 is 11.3 Å². The molecule has 1 aromatic carbocycles. The van der Waals surface area contributed by atoms with Gasteiger partial charge in [0, 0.05) is 26.0 Å². The Balaban J connectivity index is 1.43. The molecule has 0 N–H and O–H groups in total. The summed E-state index contributed by atoms with van der Waals surface area (Å²) >= 11 is 1.67. The normalized spacial score (nSPS) is 17.8. The van der Waals surface area contributed by atoms with E-state index >= 15 is 0 Å². The van der Waals surface area contributed by atoms with Crippen LogP contribution in [0.4, 0.5) is 0 Å². The predicted octanol–water partition coefficient (Wildman–Crippen LogP) is 4.78. The summed E-state index contributed by atoms with van der Waals surface area (Å²) in [4.78, 5) is 20.4. The molecule has 1 aliphatic heterocycles. The first kappa shape index (κ1) is 18.2. The topological polar surface area (TPSA) is 43.1 Å². The van der Waals surface area contributed by atoms with Gasteiger partial charge in [-0.1, -0.05) is 12.1 Å². The summed E-state index contributed by atoms with van der Waals surface area (Å²) in [7, 11) is 2.06. The molecule has 0 bridgehead atoms. The zero-order chi connectivity index (χ0) is 19.8. The fraction of sp³-hybridized carbons (Fsp3) is 0.304. The minimum absolute atomic E-state index is 0.0328. The molecule has 3 aromatic heterocycles. The van der Waals surface area contributed by atoms with Crippen molar-refractivity contribution in [2.75, 3.05) is 6.54 Å². The number of aromatic nitrogens is 3. The van der Waals surface area contributed by atoms with Gasteiger partial charge in [0.2, 0.25) is 5.91 Å². The average molecular weight is 405 g/mol. The van der Waals surface area contributed by atoms with Gasteiger partial charge in [0.05, 0.1) is 29.5 Å². The summed E-state index contributed by atoms with van der Waals surface area (Å²) in [6, 6.07) is 14.4. The lowest BCUT2D eigenvalue weighted by Crippen LogP contribution is -2.33. The van der Waals surface area contributed by atoms with Crippen LogP contribution < -0.4 is 0 Å². The molecule has 0 radical (unpaired) electrons. The van der Waals surface area contributed by atoms with Crippen molar-refractivity contribution >= 4 is 28.3 Å². The second-order valence-electron chi connectivity index (χ2n) is 7.67. The van der Waals surface area contributed by atoms with Crippen LogP contribution in [0.1, 0.15) is 42.7 Å². The molecule has 1 aliphatic rings. The second-order valence-corrected chi connectivity index (χ2v) is 8.45. The number of nitrogens with zero attached hydrogens (tertiary/aromatic N) is 4. The lowest BCUT2D eigenvalue weighted by atomic mass is 10.1. The number of imidazole rings is 1. The lowest BCUT2D eigenvalue weighted by molar-refractivity contribution is -0.132. The summed E-state index contributed by atoms with van der Waals surface area (Å²) in [6.07, 6.45) is 6.54. The number of carbonyl (C=O) groups is 1. The van der Waals surface area contributed by atoms with Crippen molar-refractivity contribution in [1.82, 2.24) is 19.0 Å². The summed E-state index contributed by atoms with van der Waals surface area (Å²) in [5.74, 6) is 1.19. The van der Waals surface area contributed by atoms with Crippen LogP contribution in [-0.2, 0) is 11.8 Å². The highest BCUT2D eigenvalue weighted by molar-refractivity contribution is 7.08. The maximum Gasteiger partial charge on any atom is 0.225 e. The third-order valence-corrected chi connectivity index (χ3v) is 6.68. The molecule has 148 valence electrons.